The van der Waals surface area contributed by atoms with Crippen LogP contribution in [0.1, 0.15) is 12.8 Å². The lowest BCUT2D eigenvalue weighted by Gasteiger charge is -2.14. The third-order valence-corrected chi connectivity index (χ3v) is 5.23. The molecule has 16 heteroatoms. The van der Waals surface area contributed by atoms with E-state index < -0.39 is 0 Å². The minimum Gasteiger partial charge on any atom is -1.00 e. The fourth-order valence-electron chi connectivity index (χ4n) is 3.84. The van der Waals surface area contributed by atoms with Crippen LogP contribution in [0.3, 0.4) is 0 Å². The van der Waals surface area contributed by atoms with Crippen LogP contribution in [-0.4, -0.2) is 201 Å². The molecule has 42 heavy (non-hydrogen) atoms. The van der Waals surface area contributed by atoms with Gasteiger partial charge in [0.1, 0.15) is 0 Å². The van der Waals surface area contributed by atoms with Gasteiger partial charge in [-0.15, -0.1) is 0 Å². The van der Waals surface area contributed by atoms with E-state index in [2.05, 4.69) is 59.2 Å². The lowest BCUT2D eigenvalue weighted by atomic mass is 10.4. The second-order valence-corrected chi connectivity index (χ2v) is 10.9. The van der Waals surface area contributed by atoms with E-state index in [1.165, 1.54) is 0 Å². The molecule has 0 fully saturated rings. The van der Waals surface area contributed by atoms with Crippen LogP contribution in [0.4, 0.5) is 0 Å². The zero-order valence-electron chi connectivity index (χ0n) is 29.3. The highest BCUT2D eigenvalue weighted by Gasteiger charge is 2.13. The molecule has 0 rings (SSSR count). The first kappa shape index (κ1) is 53.6. The predicted octanol–water partition coefficient (Wildman–Crippen LogP) is -14.1. The Hall–Kier alpha value is -1.00. The van der Waals surface area contributed by atoms with Crippen LogP contribution in [-0.2, 0) is 0 Å². The van der Waals surface area contributed by atoms with Crippen LogP contribution >= 0.6 is 0 Å². The van der Waals surface area contributed by atoms with Gasteiger partial charge in [0.15, 0.2) is 0 Å². The second-order valence-electron chi connectivity index (χ2n) is 10.9. The van der Waals surface area contributed by atoms with Crippen LogP contribution in [0.5, 0.6) is 0 Å². The molecule has 0 aliphatic carbocycles. The van der Waals surface area contributed by atoms with E-state index in [0.717, 1.165) is 62.9 Å². The standard InChI is InChI=1S/2C13H30N6.4BrH/c2*1-16(2)12(17(3)4)14-10-9-11-15-13(18(5)6)19(7)8;;;;/h2*9-11H2,1-8H3;4*1H. The van der Waals surface area contributed by atoms with Crippen LogP contribution < -0.4 is 89.2 Å². The summed E-state index contributed by atoms with van der Waals surface area (Å²) >= 11 is 0. The van der Waals surface area contributed by atoms with Crippen molar-refractivity contribution in [1.82, 2.24) is 40.9 Å². The fraction of sp³-hybridized carbons (Fsp3) is 0.846. The third-order valence-electron chi connectivity index (χ3n) is 5.23. The first-order valence-electron chi connectivity index (χ1n) is 13.4. The summed E-state index contributed by atoms with van der Waals surface area (Å²) in [6.45, 7) is 3.80. The molecule has 0 aliphatic rings. The van der Waals surface area contributed by atoms with Gasteiger partial charge in [0.05, 0.1) is 139 Å². The highest BCUT2D eigenvalue weighted by molar-refractivity contribution is 5.75. The van der Waals surface area contributed by atoms with Gasteiger partial charge in [0, 0.05) is 12.8 Å². The van der Waals surface area contributed by atoms with E-state index in [9.17, 15) is 0 Å². The van der Waals surface area contributed by atoms with E-state index in [1.54, 1.807) is 0 Å². The molecule has 4 N–H and O–H groups in total. The van der Waals surface area contributed by atoms with Crippen LogP contribution in [0, 0.1) is 0 Å². The first-order valence-corrected chi connectivity index (χ1v) is 13.4. The topological polar surface area (TPSA) is 73.1 Å². The highest BCUT2D eigenvalue weighted by atomic mass is 79.9. The predicted molar refractivity (Wildman–Crippen MR) is 164 cm³/mol. The Labute approximate surface area is 301 Å². The number of hydrogen-bond acceptors (Lipinski definition) is 0. The smallest absolute Gasteiger partial charge is 0.347 e. The van der Waals surface area contributed by atoms with Gasteiger partial charge in [-0.25, -0.2) is 0 Å². The van der Waals surface area contributed by atoms with Crippen molar-refractivity contribution >= 4 is 23.8 Å². The molecular weight excluding hydrogens is 800 g/mol. The van der Waals surface area contributed by atoms with E-state index in [-0.39, 0.29) is 67.9 Å². The Balaban J connectivity index is -0.000000141. The average molecular weight is 864 g/mol. The first-order chi connectivity index (χ1) is 17.5. The number of nitrogens with zero attached hydrogens (tertiary/aromatic N) is 8. The van der Waals surface area contributed by atoms with Crippen LogP contribution in [0.2, 0.25) is 0 Å². The van der Waals surface area contributed by atoms with Gasteiger partial charge < -0.3 is 67.9 Å². The van der Waals surface area contributed by atoms with Gasteiger partial charge in [0.25, 0.3) is 0 Å². The molecule has 0 unspecified atom stereocenters. The molecule has 0 saturated heterocycles. The minimum absolute atomic E-state index is 0. The van der Waals surface area contributed by atoms with Crippen LogP contribution in [0.15, 0.2) is 0 Å². The maximum atomic E-state index is 3.44. The zero-order valence-corrected chi connectivity index (χ0v) is 35.7. The summed E-state index contributed by atoms with van der Waals surface area (Å²) in [5, 5.41) is 13.8. The van der Waals surface area contributed by atoms with Gasteiger partial charge in [0.2, 0.25) is 0 Å². The van der Waals surface area contributed by atoms with Crippen LogP contribution in [0.25, 0.3) is 0 Å². The Morgan fingerprint density at radius 2 is 0.500 bits per heavy atom. The van der Waals surface area contributed by atoms with Crippen molar-refractivity contribution < 1.29 is 86.2 Å². The number of halogens is 4. The Kier molecular flexibility index (Phi) is 38.3. The van der Waals surface area contributed by atoms with Gasteiger partial charge in [-0.05, 0) is 0 Å². The largest absolute Gasteiger partial charge is 1.00 e. The van der Waals surface area contributed by atoms with Crippen molar-refractivity contribution in [2.24, 2.45) is 0 Å². The Bertz CT molecular complexity index is 665. The molecule has 0 radical (unpaired) electrons. The Morgan fingerprint density at radius 1 is 0.357 bits per heavy atom. The molecule has 0 bridgehead atoms. The molecule has 0 aromatic rings. The van der Waals surface area contributed by atoms with Crippen molar-refractivity contribution in [1.29, 1.82) is 0 Å². The monoisotopic (exact) mass is 860 g/mol. The molecule has 0 aromatic heterocycles. The van der Waals surface area contributed by atoms with Gasteiger partial charge in [-0.1, -0.05) is 0 Å². The average Bonchev–Trinajstić information content (AvgIpc) is 2.76. The van der Waals surface area contributed by atoms with Crippen molar-refractivity contribution in [2.45, 2.75) is 12.8 Å². The summed E-state index contributed by atoms with van der Waals surface area (Å²) in [5.74, 6) is 4.52. The maximum absolute atomic E-state index is 3.44. The number of nitrogens with one attached hydrogen (secondary N) is 4. The third kappa shape index (κ3) is 25.5. The van der Waals surface area contributed by atoms with E-state index in [1.807, 2.05) is 113 Å². The minimum atomic E-state index is 0. The fourth-order valence-corrected chi connectivity index (χ4v) is 3.84. The maximum Gasteiger partial charge on any atom is 0.347 e. The van der Waals surface area contributed by atoms with Crippen molar-refractivity contribution in [3.63, 3.8) is 0 Å². The summed E-state index contributed by atoms with van der Waals surface area (Å²) in [5.41, 5.74) is 0. The molecule has 0 aliphatic heterocycles. The van der Waals surface area contributed by atoms with E-state index in [4.69, 9.17) is 0 Å². The molecule has 256 valence electrons. The summed E-state index contributed by atoms with van der Waals surface area (Å²) in [6.07, 6.45) is 2.13. The van der Waals surface area contributed by atoms with E-state index >= 15 is 0 Å². The Morgan fingerprint density at radius 3 is 0.595 bits per heavy atom. The lowest BCUT2D eigenvalue weighted by molar-refractivity contribution is -0.472. The molecule has 0 spiro atoms. The normalized spacial score (nSPS) is 8.76. The quantitative estimate of drug-likeness (QED) is 0.0832. The molecule has 0 atom stereocenters. The van der Waals surface area contributed by atoms with Crippen molar-refractivity contribution in [3.8, 4) is 0 Å². The molecule has 12 nitrogen and oxygen atoms in total. The number of hydrogen-bond donors (Lipinski definition) is 4. The SMILES string of the molecule is CN(C)C(NCCCNC(N(C)C)=[N+](C)C)=[N+](C)C.CN(C)C(NCCCNC(N(C)C)=[N+](C)C)=[N+](C)C.[Br-].[Br-].[Br-].[Br-]. The molecule has 0 aromatic carbocycles. The molecule has 0 heterocycles. The van der Waals surface area contributed by atoms with Gasteiger partial charge >= 0.3 is 23.8 Å². The van der Waals surface area contributed by atoms with Gasteiger partial charge in [-0.3, -0.25) is 59.2 Å². The molecule has 0 amide bonds. The van der Waals surface area contributed by atoms with Gasteiger partial charge in [-0.2, -0.15) is 0 Å². The van der Waals surface area contributed by atoms with Crippen molar-refractivity contribution in [3.05, 3.63) is 0 Å². The number of guanidine groups is 4. The summed E-state index contributed by atoms with van der Waals surface area (Å²) in [6, 6.07) is 0. The second kappa shape index (κ2) is 30.0. The summed E-state index contributed by atoms with van der Waals surface area (Å²) < 4.78 is 8.35. The molecule has 0 saturated carbocycles. The zero-order chi connectivity index (χ0) is 30.0. The lowest BCUT2D eigenvalue weighted by Crippen LogP contribution is -3.00. The molecular formula is C26H64Br4N12. The number of rotatable bonds is 8. The van der Waals surface area contributed by atoms with Crippen molar-refractivity contribution in [2.75, 3.05) is 139 Å². The summed E-state index contributed by atoms with van der Waals surface area (Å²) in [4.78, 5) is 8.35. The highest BCUT2D eigenvalue weighted by Crippen LogP contribution is 1.84. The van der Waals surface area contributed by atoms with E-state index in [0.29, 0.717) is 0 Å². The summed E-state index contributed by atoms with van der Waals surface area (Å²) in [7, 11) is 32.7.